The lowest BCUT2D eigenvalue weighted by atomic mass is 10.1. The van der Waals surface area contributed by atoms with Crippen molar-refractivity contribution in [2.45, 2.75) is 32.2 Å². The fourth-order valence-electron chi connectivity index (χ4n) is 2.95. The van der Waals surface area contributed by atoms with Crippen LogP contribution in [0.1, 0.15) is 29.4 Å². The minimum Gasteiger partial charge on any atom is -0.462 e. The summed E-state index contributed by atoms with van der Waals surface area (Å²) < 4.78 is 11.2. The molecule has 2 aromatic heterocycles. The van der Waals surface area contributed by atoms with E-state index in [1.54, 1.807) is 11.3 Å². The molecule has 1 aliphatic rings. The molecule has 126 valence electrons. The van der Waals surface area contributed by atoms with Crippen molar-refractivity contribution in [1.82, 2.24) is 10.2 Å². The van der Waals surface area contributed by atoms with Gasteiger partial charge in [-0.25, -0.2) is 0 Å². The smallest absolute Gasteiger partial charge is 0.129 e. The van der Waals surface area contributed by atoms with E-state index < -0.39 is 0 Å². The Bertz CT molecular complexity index is 584. The van der Waals surface area contributed by atoms with E-state index in [1.165, 1.54) is 4.88 Å². The summed E-state index contributed by atoms with van der Waals surface area (Å²) in [5.74, 6) is 1.47. The highest BCUT2D eigenvalue weighted by atomic mass is 32.1. The molecule has 0 bridgehead atoms. The average molecular weight is 336 g/mol. The molecule has 0 unspecified atom stereocenters. The zero-order valence-corrected chi connectivity index (χ0v) is 14.2. The van der Waals surface area contributed by atoms with Gasteiger partial charge in [-0.2, -0.15) is 0 Å². The fraction of sp³-hybridized carbons (Fsp3) is 0.529. The summed E-state index contributed by atoms with van der Waals surface area (Å²) in [7, 11) is 0. The van der Waals surface area contributed by atoms with Crippen molar-refractivity contribution < 1.29 is 14.3 Å². The molecule has 0 saturated carbocycles. The van der Waals surface area contributed by atoms with Crippen LogP contribution in [-0.2, 0) is 17.9 Å². The molecule has 6 heteroatoms. The molecule has 1 fully saturated rings. The Morgan fingerprint density at radius 1 is 1.39 bits per heavy atom. The SMILES string of the molecule is C[C@H]1CN([C@@H](CNCc2ccc(CO)o2)c2cccs2)CCO1. The van der Waals surface area contributed by atoms with Crippen LogP contribution < -0.4 is 5.32 Å². The molecule has 0 aliphatic carbocycles. The maximum Gasteiger partial charge on any atom is 0.129 e. The molecular weight excluding hydrogens is 312 g/mol. The summed E-state index contributed by atoms with van der Waals surface area (Å²) in [5.41, 5.74) is 0. The van der Waals surface area contributed by atoms with Crippen LogP contribution >= 0.6 is 11.3 Å². The third-order valence-electron chi connectivity index (χ3n) is 4.09. The van der Waals surface area contributed by atoms with Gasteiger partial charge >= 0.3 is 0 Å². The second kappa shape index (κ2) is 8.08. The molecule has 0 aromatic carbocycles. The van der Waals surface area contributed by atoms with Crippen LogP contribution in [0.3, 0.4) is 0 Å². The van der Waals surface area contributed by atoms with Gasteiger partial charge in [-0.15, -0.1) is 11.3 Å². The second-order valence-electron chi connectivity index (χ2n) is 5.86. The highest BCUT2D eigenvalue weighted by Gasteiger charge is 2.26. The molecule has 2 atom stereocenters. The van der Waals surface area contributed by atoms with Gasteiger partial charge in [0.05, 0.1) is 25.3 Å². The van der Waals surface area contributed by atoms with Crippen molar-refractivity contribution in [3.05, 3.63) is 46.0 Å². The molecule has 3 rings (SSSR count). The van der Waals surface area contributed by atoms with Crippen molar-refractivity contribution >= 4 is 11.3 Å². The number of nitrogens with one attached hydrogen (secondary N) is 1. The minimum atomic E-state index is -0.0521. The van der Waals surface area contributed by atoms with Crippen LogP contribution in [0.15, 0.2) is 34.1 Å². The van der Waals surface area contributed by atoms with Gasteiger partial charge in [-0.3, -0.25) is 4.90 Å². The molecule has 0 amide bonds. The normalized spacial score (nSPS) is 20.7. The summed E-state index contributed by atoms with van der Waals surface area (Å²) in [5, 5.41) is 14.7. The molecule has 23 heavy (non-hydrogen) atoms. The predicted octanol–water partition coefficient (Wildman–Crippen LogP) is 2.39. The number of morpholine rings is 1. The molecule has 0 radical (unpaired) electrons. The van der Waals surface area contributed by atoms with Gasteiger partial charge in [0, 0.05) is 24.5 Å². The first-order valence-electron chi connectivity index (χ1n) is 8.04. The van der Waals surface area contributed by atoms with Crippen LogP contribution in [0.2, 0.25) is 0 Å². The van der Waals surface area contributed by atoms with Crippen molar-refractivity contribution in [3.63, 3.8) is 0 Å². The lowest BCUT2D eigenvalue weighted by Gasteiger charge is -2.37. The lowest BCUT2D eigenvalue weighted by Crippen LogP contribution is -2.45. The quantitative estimate of drug-likeness (QED) is 0.813. The number of hydrogen-bond acceptors (Lipinski definition) is 6. The van der Waals surface area contributed by atoms with Crippen LogP contribution in [0.4, 0.5) is 0 Å². The minimum absolute atomic E-state index is 0.0521. The van der Waals surface area contributed by atoms with Gasteiger partial charge in [0.15, 0.2) is 0 Å². The lowest BCUT2D eigenvalue weighted by molar-refractivity contribution is -0.0340. The van der Waals surface area contributed by atoms with E-state index in [0.717, 1.165) is 32.0 Å². The van der Waals surface area contributed by atoms with E-state index in [2.05, 4.69) is 34.7 Å². The summed E-state index contributed by atoms with van der Waals surface area (Å²) in [4.78, 5) is 3.87. The molecule has 2 N–H and O–H groups in total. The number of rotatable bonds is 7. The van der Waals surface area contributed by atoms with E-state index in [9.17, 15) is 0 Å². The number of hydrogen-bond donors (Lipinski definition) is 2. The van der Waals surface area contributed by atoms with E-state index in [0.29, 0.717) is 18.3 Å². The molecule has 3 heterocycles. The maximum atomic E-state index is 9.05. The number of thiophene rings is 1. The third kappa shape index (κ3) is 4.43. The third-order valence-corrected chi connectivity index (χ3v) is 5.07. The van der Waals surface area contributed by atoms with Crippen molar-refractivity contribution in [3.8, 4) is 0 Å². The molecule has 1 aliphatic heterocycles. The van der Waals surface area contributed by atoms with E-state index in [1.807, 2.05) is 12.1 Å². The molecule has 2 aromatic rings. The Morgan fingerprint density at radius 3 is 2.96 bits per heavy atom. The predicted molar refractivity (Wildman–Crippen MR) is 90.4 cm³/mol. The zero-order chi connectivity index (χ0) is 16.1. The monoisotopic (exact) mass is 336 g/mol. The first-order chi connectivity index (χ1) is 11.3. The van der Waals surface area contributed by atoms with Crippen molar-refractivity contribution in [1.29, 1.82) is 0 Å². The summed E-state index contributed by atoms with van der Waals surface area (Å²) >= 11 is 1.80. The first-order valence-corrected chi connectivity index (χ1v) is 8.92. The number of furan rings is 1. The second-order valence-corrected chi connectivity index (χ2v) is 6.84. The standard InChI is InChI=1S/C17H24N2O3S/c1-13-11-19(6-7-21-13)16(17-3-2-8-23-17)10-18-9-14-4-5-15(12-20)22-14/h2-5,8,13,16,18,20H,6-7,9-12H2,1H3/t13-,16-/m0/s1. The summed E-state index contributed by atoms with van der Waals surface area (Å²) in [6.45, 7) is 6.32. The van der Waals surface area contributed by atoms with Crippen molar-refractivity contribution in [2.75, 3.05) is 26.2 Å². The Hall–Kier alpha value is -1.18. The Kier molecular flexibility index (Phi) is 5.85. The van der Waals surface area contributed by atoms with Gasteiger partial charge in [0.25, 0.3) is 0 Å². The van der Waals surface area contributed by atoms with Crippen LogP contribution in [0, 0.1) is 0 Å². The number of aliphatic hydroxyl groups is 1. The van der Waals surface area contributed by atoms with Gasteiger partial charge in [0.2, 0.25) is 0 Å². The molecule has 0 spiro atoms. The topological polar surface area (TPSA) is 57.9 Å². The molecule has 5 nitrogen and oxygen atoms in total. The first kappa shape index (κ1) is 16.7. The summed E-state index contributed by atoms with van der Waals surface area (Å²) in [6.07, 6.45) is 0.281. The van der Waals surface area contributed by atoms with Gasteiger partial charge in [0.1, 0.15) is 18.1 Å². The van der Waals surface area contributed by atoms with Gasteiger partial charge in [-0.05, 0) is 30.5 Å². The number of nitrogens with zero attached hydrogens (tertiary/aromatic N) is 1. The van der Waals surface area contributed by atoms with E-state index in [-0.39, 0.29) is 12.7 Å². The zero-order valence-electron chi connectivity index (χ0n) is 13.4. The molecular formula is C17H24N2O3S. The van der Waals surface area contributed by atoms with Crippen LogP contribution in [0.25, 0.3) is 0 Å². The summed E-state index contributed by atoms with van der Waals surface area (Å²) in [6, 6.07) is 8.39. The van der Waals surface area contributed by atoms with E-state index >= 15 is 0 Å². The van der Waals surface area contributed by atoms with Gasteiger partial charge < -0.3 is 19.6 Å². The molecule has 1 saturated heterocycles. The largest absolute Gasteiger partial charge is 0.462 e. The highest BCUT2D eigenvalue weighted by molar-refractivity contribution is 7.10. The highest BCUT2D eigenvalue weighted by Crippen LogP contribution is 2.26. The fourth-order valence-corrected chi connectivity index (χ4v) is 3.81. The Balaban J connectivity index is 1.60. The van der Waals surface area contributed by atoms with Crippen LogP contribution in [0.5, 0.6) is 0 Å². The maximum absolute atomic E-state index is 9.05. The number of ether oxygens (including phenoxy) is 1. The average Bonchev–Trinajstić information content (AvgIpc) is 3.23. The van der Waals surface area contributed by atoms with Crippen LogP contribution in [-0.4, -0.2) is 42.4 Å². The Morgan fingerprint density at radius 2 is 2.26 bits per heavy atom. The van der Waals surface area contributed by atoms with E-state index in [4.69, 9.17) is 14.3 Å². The van der Waals surface area contributed by atoms with Crippen molar-refractivity contribution in [2.24, 2.45) is 0 Å². The Labute approximate surface area is 140 Å². The van der Waals surface area contributed by atoms with Gasteiger partial charge in [-0.1, -0.05) is 6.07 Å². The number of aliphatic hydroxyl groups excluding tert-OH is 1.